The second-order valence-electron chi connectivity index (χ2n) is 5.84. The van der Waals surface area contributed by atoms with Crippen LogP contribution in [0.2, 0.25) is 0 Å². The molecule has 3 rings (SSSR count). The van der Waals surface area contributed by atoms with Crippen LogP contribution in [0.5, 0.6) is 0 Å². The fourth-order valence-corrected chi connectivity index (χ4v) is 3.09. The van der Waals surface area contributed by atoms with Crippen molar-refractivity contribution in [2.45, 2.75) is 25.4 Å². The molecule has 1 aromatic rings. The van der Waals surface area contributed by atoms with Crippen molar-refractivity contribution in [3.8, 4) is 0 Å². The number of aryl methyl sites for hydroxylation is 1. The summed E-state index contributed by atoms with van der Waals surface area (Å²) in [6, 6.07) is 6.40. The molecule has 4 heteroatoms. The second-order valence-corrected chi connectivity index (χ2v) is 5.84. The molecule has 3 N–H and O–H groups in total. The zero-order valence-electron chi connectivity index (χ0n) is 12.1. The Labute approximate surface area is 121 Å². The average Bonchev–Trinajstić information content (AvgIpc) is 2.53. The van der Waals surface area contributed by atoms with E-state index in [0.29, 0.717) is 0 Å². The number of benzene rings is 1. The maximum Gasteiger partial charge on any atom is 0.0803 e. The van der Waals surface area contributed by atoms with E-state index in [1.807, 2.05) is 0 Å². The summed E-state index contributed by atoms with van der Waals surface area (Å²) in [6.45, 7) is 6.36. The molecule has 110 valence electrons. The summed E-state index contributed by atoms with van der Waals surface area (Å²) in [4.78, 5) is 2.43. The van der Waals surface area contributed by atoms with Gasteiger partial charge in [0.1, 0.15) is 0 Å². The average molecular weight is 275 g/mol. The molecule has 2 heterocycles. The molecule has 1 fully saturated rings. The van der Waals surface area contributed by atoms with Crippen LogP contribution in [0.25, 0.3) is 0 Å². The molecule has 0 amide bonds. The van der Waals surface area contributed by atoms with E-state index < -0.39 is 0 Å². The Bertz CT molecular complexity index is 443. The lowest BCUT2D eigenvalue weighted by Crippen LogP contribution is -2.44. The van der Waals surface area contributed by atoms with Crippen molar-refractivity contribution in [1.29, 1.82) is 0 Å². The summed E-state index contributed by atoms with van der Waals surface area (Å²) in [5, 5.41) is 17.2. The lowest BCUT2D eigenvalue weighted by atomic mass is 9.98. The number of nitrogens with one attached hydrogen (secondary N) is 2. The largest absolute Gasteiger partial charge is 0.388 e. The second kappa shape index (κ2) is 6.57. The first-order valence-electron chi connectivity index (χ1n) is 7.81. The van der Waals surface area contributed by atoms with Crippen molar-refractivity contribution < 1.29 is 5.11 Å². The molecule has 20 heavy (non-hydrogen) atoms. The van der Waals surface area contributed by atoms with E-state index in [0.717, 1.165) is 57.7 Å². The first kappa shape index (κ1) is 13.9. The molecule has 4 nitrogen and oxygen atoms in total. The zero-order valence-corrected chi connectivity index (χ0v) is 12.1. The first-order chi connectivity index (χ1) is 9.83. The SMILES string of the molecule is OC(CCN1CCNCC1)c1ccc2c(c1)NCCC2. The van der Waals surface area contributed by atoms with Crippen LogP contribution in [0.15, 0.2) is 18.2 Å². The Morgan fingerprint density at radius 1 is 1.20 bits per heavy atom. The molecule has 0 spiro atoms. The Kier molecular flexibility index (Phi) is 4.55. The predicted octanol–water partition coefficient (Wildman–Crippen LogP) is 1.37. The van der Waals surface area contributed by atoms with Gasteiger partial charge in [0.2, 0.25) is 0 Å². The summed E-state index contributed by atoms with van der Waals surface area (Å²) >= 11 is 0. The molecule has 1 atom stereocenters. The van der Waals surface area contributed by atoms with Gasteiger partial charge in [-0.2, -0.15) is 0 Å². The van der Waals surface area contributed by atoms with Crippen molar-refractivity contribution in [2.24, 2.45) is 0 Å². The van der Waals surface area contributed by atoms with Crippen LogP contribution in [0.3, 0.4) is 0 Å². The minimum absolute atomic E-state index is 0.348. The molecule has 0 bridgehead atoms. The van der Waals surface area contributed by atoms with Gasteiger partial charge in [-0.1, -0.05) is 12.1 Å². The minimum atomic E-state index is -0.348. The van der Waals surface area contributed by atoms with Crippen LogP contribution in [0.1, 0.15) is 30.1 Å². The molecule has 1 aromatic carbocycles. The number of nitrogens with zero attached hydrogens (tertiary/aromatic N) is 1. The maximum atomic E-state index is 10.4. The van der Waals surface area contributed by atoms with Gasteiger partial charge in [0, 0.05) is 45.0 Å². The van der Waals surface area contributed by atoms with E-state index in [-0.39, 0.29) is 6.10 Å². The van der Waals surface area contributed by atoms with E-state index in [4.69, 9.17) is 0 Å². The molecule has 1 unspecified atom stereocenters. The molecule has 1 saturated heterocycles. The third kappa shape index (κ3) is 3.32. The van der Waals surface area contributed by atoms with Crippen molar-refractivity contribution in [1.82, 2.24) is 10.2 Å². The smallest absolute Gasteiger partial charge is 0.0803 e. The quantitative estimate of drug-likeness (QED) is 0.777. The van der Waals surface area contributed by atoms with E-state index in [1.54, 1.807) is 0 Å². The Hall–Kier alpha value is -1.10. The lowest BCUT2D eigenvalue weighted by Gasteiger charge is -2.28. The van der Waals surface area contributed by atoms with Crippen LogP contribution in [0, 0.1) is 0 Å². The van der Waals surface area contributed by atoms with Crippen LogP contribution in [0.4, 0.5) is 5.69 Å². The summed E-state index contributed by atoms with van der Waals surface area (Å²) < 4.78 is 0. The van der Waals surface area contributed by atoms with Crippen LogP contribution < -0.4 is 10.6 Å². The van der Waals surface area contributed by atoms with Gasteiger partial charge in [0.05, 0.1) is 6.10 Å². The number of piperazine rings is 1. The van der Waals surface area contributed by atoms with Gasteiger partial charge in [-0.3, -0.25) is 0 Å². The van der Waals surface area contributed by atoms with Gasteiger partial charge in [-0.25, -0.2) is 0 Å². The molecular weight excluding hydrogens is 250 g/mol. The highest BCUT2D eigenvalue weighted by Gasteiger charge is 2.15. The Morgan fingerprint density at radius 3 is 2.90 bits per heavy atom. The normalized spacial score (nSPS) is 21.1. The Balaban J connectivity index is 1.57. The third-order valence-electron chi connectivity index (χ3n) is 4.39. The van der Waals surface area contributed by atoms with E-state index in [2.05, 4.69) is 33.7 Å². The van der Waals surface area contributed by atoms with Crippen molar-refractivity contribution >= 4 is 5.69 Å². The highest BCUT2D eigenvalue weighted by Crippen LogP contribution is 2.27. The molecule has 2 aliphatic heterocycles. The summed E-state index contributed by atoms with van der Waals surface area (Å²) in [7, 11) is 0. The van der Waals surface area contributed by atoms with Gasteiger partial charge >= 0.3 is 0 Å². The number of hydrogen-bond acceptors (Lipinski definition) is 4. The third-order valence-corrected chi connectivity index (χ3v) is 4.39. The molecule has 0 saturated carbocycles. The fourth-order valence-electron chi connectivity index (χ4n) is 3.09. The van der Waals surface area contributed by atoms with E-state index in [1.165, 1.54) is 17.7 Å². The molecule has 0 radical (unpaired) electrons. The van der Waals surface area contributed by atoms with Crippen molar-refractivity contribution in [3.05, 3.63) is 29.3 Å². The highest BCUT2D eigenvalue weighted by atomic mass is 16.3. The van der Waals surface area contributed by atoms with Crippen molar-refractivity contribution in [2.75, 3.05) is 44.6 Å². The van der Waals surface area contributed by atoms with Gasteiger partial charge in [-0.05, 0) is 36.5 Å². The van der Waals surface area contributed by atoms with Crippen LogP contribution >= 0.6 is 0 Å². The number of fused-ring (bicyclic) bond motifs is 1. The molecular formula is C16H25N3O. The minimum Gasteiger partial charge on any atom is -0.388 e. The Morgan fingerprint density at radius 2 is 2.05 bits per heavy atom. The zero-order chi connectivity index (χ0) is 13.8. The highest BCUT2D eigenvalue weighted by molar-refractivity contribution is 5.55. The summed E-state index contributed by atoms with van der Waals surface area (Å²) in [5.74, 6) is 0. The molecule has 0 aliphatic carbocycles. The lowest BCUT2D eigenvalue weighted by molar-refractivity contribution is 0.137. The summed E-state index contributed by atoms with van der Waals surface area (Å²) in [6.07, 6.45) is 2.83. The number of aliphatic hydroxyl groups is 1. The van der Waals surface area contributed by atoms with Gasteiger partial charge in [0.25, 0.3) is 0 Å². The number of aliphatic hydroxyl groups excluding tert-OH is 1. The van der Waals surface area contributed by atoms with Gasteiger partial charge in [0.15, 0.2) is 0 Å². The van der Waals surface area contributed by atoms with Crippen molar-refractivity contribution in [3.63, 3.8) is 0 Å². The monoisotopic (exact) mass is 275 g/mol. The van der Waals surface area contributed by atoms with Crippen LogP contribution in [-0.4, -0.2) is 49.3 Å². The van der Waals surface area contributed by atoms with Gasteiger partial charge < -0.3 is 20.6 Å². The molecule has 2 aliphatic rings. The van der Waals surface area contributed by atoms with Gasteiger partial charge in [-0.15, -0.1) is 0 Å². The standard InChI is InChI=1S/C16H25N3O/c20-16(5-9-19-10-7-17-8-11-19)14-4-3-13-2-1-6-18-15(13)12-14/h3-4,12,16-18,20H,1-2,5-11H2. The topological polar surface area (TPSA) is 47.5 Å². The molecule has 0 aromatic heterocycles. The van der Waals surface area contributed by atoms with Crippen LogP contribution in [-0.2, 0) is 6.42 Å². The van der Waals surface area contributed by atoms with E-state index >= 15 is 0 Å². The maximum absolute atomic E-state index is 10.4. The first-order valence-corrected chi connectivity index (χ1v) is 7.81. The number of anilines is 1. The summed E-state index contributed by atoms with van der Waals surface area (Å²) in [5.41, 5.74) is 3.65. The number of hydrogen-bond donors (Lipinski definition) is 3. The van der Waals surface area contributed by atoms with E-state index in [9.17, 15) is 5.11 Å². The predicted molar refractivity (Wildman–Crippen MR) is 82.1 cm³/mol. The number of rotatable bonds is 4. The fraction of sp³-hybridized carbons (Fsp3) is 0.625.